The summed E-state index contributed by atoms with van der Waals surface area (Å²) >= 11 is 0. The summed E-state index contributed by atoms with van der Waals surface area (Å²) in [4.78, 5) is 24.8. The molecule has 0 radical (unpaired) electrons. The second-order valence-corrected chi connectivity index (χ2v) is 9.33. The molecule has 0 atom stereocenters. The summed E-state index contributed by atoms with van der Waals surface area (Å²) in [7, 11) is -3.92. The Morgan fingerprint density at radius 2 is 1.86 bits per heavy atom. The molecule has 2 aromatic carbocycles. The highest BCUT2D eigenvalue weighted by atomic mass is 32.2. The number of benzene rings is 2. The van der Waals surface area contributed by atoms with Crippen LogP contribution in [0.1, 0.15) is 57.7 Å². The summed E-state index contributed by atoms with van der Waals surface area (Å²) in [5, 5.41) is 2.84. The van der Waals surface area contributed by atoms with Gasteiger partial charge >= 0.3 is 0 Å². The van der Waals surface area contributed by atoms with Gasteiger partial charge in [-0.15, -0.1) is 0 Å². The van der Waals surface area contributed by atoms with E-state index >= 15 is 0 Å². The monoisotopic (exact) mass is 398 g/mol. The second-order valence-electron chi connectivity index (χ2n) is 7.55. The van der Waals surface area contributed by atoms with Gasteiger partial charge in [0.05, 0.1) is 5.56 Å². The van der Waals surface area contributed by atoms with Crippen molar-refractivity contribution in [3.05, 3.63) is 64.2 Å². The lowest BCUT2D eigenvalue weighted by Gasteiger charge is -2.18. The molecule has 0 aromatic heterocycles. The third kappa shape index (κ3) is 2.99. The van der Waals surface area contributed by atoms with E-state index in [-0.39, 0.29) is 21.9 Å². The fourth-order valence-corrected chi connectivity index (χ4v) is 5.71. The first-order valence-corrected chi connectivity index (χ1v) is 10.8. The molecule has 1 aliphatic carbocycles. The van der Waals surface area contributed by atoms with Gasteiger partial charge in [-0.25, -0.2) is 12.7 Å². The molecule has 28 heavy (non-hydrogen) atoms. The van der Waals surface area contributed by atoms with E-state index in [0.717, 1.165) is 22.7 Å². The number of carbonyl (C=O) groups excluding carboxylic acids is 2. The summed E-state index contributed by atoms with van der Waals surface area (Å²) in [5.41, 5.74) is 4.07. The zero-order valence-electron chi connectivity index (χ0n) is 15.9. The van der Waals surface area contributed by atoms with E-state index in [1.54, 1.807) is 13.8 Å². The average Bonchev–Trinajstić information content (AvgIpc) is 3.19. The van der Waals surface area contributed by atoms with Crippen molar-refractivity contribution in [3.8, 4) is 0 Å². The maximum Gasteiger partial charge on any atom is 0.269 e. The van der Waals surface area contributed by atoms with Crippen molar-refractivity contribution in [1.29, 1.82) is 0 Å². The molecule has 1 heterocycles. The van der Waals surface area contributed by atoms with Gasteiger partial charge in [0.15, 0.2) is 0 Å². The van der Waals surface area contributed by atoms with Gasteiger partial charge < -0.3 is 5.32 Å². The van der Waals surface area contributed by atoms with Gasteiger partial charge in [-0.3, -0.25) is 9.59 Å². The molecule has 2 aromatic rings. The number of nitrogens with one attached hydrogen (secondary N) is 1. The summed E-state index contributed by atoms with van der Waals surface area (Å²) < 4.78 is 26.2. The summed E-state index contributed by atoms with van der Waals surface area (Å²) in [5.74, 6) is -0.913. The highest BCUT2D eigenvalue weighted by Crippen LogP contribution is 2.32. The van der Waals surface area contributed by atoms with Gasteiger partial charge in [-0.05, 0) is 68.0 Å². The number of carbonyl (C=O) groups is 2. The third-order valence-electron chi connectivity index (χ3n) is 5.30. The Hall–Kier alpha value is -2.67. The molecular formula is C21H22N2O4S. The molecule has 1 N–H and O–H groups in total. The van der Waals surface area contributed by atoms with Crippen LogP contribution in [0.3, 0.4) is 0 Å². The second kappa shape index (κ2) is 6.74. The summed E-state index contributed by atoms with van der Waals surface area (Å²) in [6.45, 7) is 3.66. The van der Waals surface area contributed by atoms with E-state index in [0.29, 0.717) is 6.54 Å². The van der Waals surface area contributed by atoms with Crippen LogP contribution in [0.4, 0.5) is 0 Å². The highest BCUT2D eigenvalue weighted by Gasteiger charge is 2.42. The topological polar surface area (TPSA) is 83.6 Å². The van der Waals surface area contributed by atoms with Gasteiger partial charge in [0.1, 0.15) is 4.90 Å². The molecule has 7 heteroatoms. The minimum absolute atomic E-state index is 0.101. The molecule has 0 saturated heterocycles. The van der Waals surface area contributed by atoms with Gasteiger partial charge in [0.2, 0.25) is 0 Å². The molecule has 1 aliphatic heterocycles. The lowest BCUT2D eigenvalue weighted by molar-refractivity contribution is 0.0845. The van der Waals surface area contributed by atoms with Gasteiger partial charge in [0.25, 0.3) is 21.8 Å². The van der Waals surface area contributed by atoms with Crippen LogP contribution in [0.2, 0.25) is 0 Å². The Kier molecular flexibility index (Phi) is 4.50. The standard InChI is InChI=1S/C21H22N2O4S/c1-13(2)23-21(25)18-9-8-17(11-19(18)28(23,26)27)20(24)22-12-14-6-7-15-4-3-5-16(15)10-14/h6-11,13H,3-5,12H2,1-2H3,(H,22,24). The van der Waals surface area contributed by atoms with Crippen molar-refractivity contribution >= 4 is 21.8 Å². The fourth-order valence-electron chi connectivity index (χ4n) is 3.92. The number of nitrogens with zero attached hydrogens (tertiary/aromatic N) is 1. The number of hydrogen-bond donors (Lipinski definition) is 1. The molecule has 0 saturated carbocycles. The molecule has 2 amide bonds. The normalized spacial score (nSPS) is 17.0. The van der Waals surface area contributed by atoms with Crippen LogP contribution in [-0.2, 0) is 29.4 Å². The third-order valence-corrected chi connectivity index (χ3v) is 7.30. The molecule has 0 fully saturated rings. The van der Waals surface area contributed by atoms with Gasteiger partial charge in [0, 0.05) is 18.2 Å². The number of hydrogen-bond acceptors (Lipinski definition) is 4. The Balaban J connectivity index is 1.54. The predicted octanol–water partition coefficient (Wildman–Crippen LogP) is 2.66. The Morgan fingerprint density at radius 1 is 1.11 bits per heavy atom. The average molecular weight is 398 g/mol. The van der Waals surface area contributed by atoms with Crippen LogP contribution < -0.4 is 5.32 Å². The smallest absolute Gasteiger partial charge is 0.269 e. The van der Waals surface area contributed by atoms with Crippen molar-refractivity contribution in [3.63, 3.8) is 0 Å². The molecule has 0 bridgehead atoms. The van der Waals surface area contributed by atoms with E-state index in [1.807, 2.05) is 6.07 Å². The largest absolute Gasteiger partial charge is 0.348 e. The van der Waals surface area contributed by atoms with Crippen LogP contribution in [0.5, 0.6) is 0 Å². The number of rotatable bonds is 4. The Morgan fingerprint density at radius 3 is 2.61 bits per heavy atom. The minimum atomic E-state index is -3.92. The zero-order valence-corrected chi connectivity index (χ0v) is 16.7. The summed E-state index contributed by atoms with van der Waals surface area (Å²) in [6.07, 6.45) is 3.35. The molecule has 146 valence electrons. The molecule has 4 rings (SSSR count). The molecule has 0 unspecified atom stereocenters. The van der Waals surface area contributed by atoms with E-state index in [2.05, 4.69) is 17.4 Å². The molecule has 6 nitrogen and oxygen atoms in total. The van der Waals surface area contributed by atoms with Crippen molar-refractivity contribution in [1.82, 2.24) is 9.62 Å². The maximum atomic E-state index is 12.7. The molecular weight excluding hydrogens is 376 g/mol. The van der Waals surface area contributed by atoms with E-state index in [4.69, 9.17) is 0 Å². The van der Waals surface area contributed by atoms with Gasteiger partial charge in [-0.2, -0.15) is 0 Å². The first kappa shape index (κ1) is 18.7. The van der Waals surface area contributed by atoms with Crippen molar-refractivity contribution < 1.29 is 18.0 Å². The molecule has 0 spiro atoms. The fraction of sp³-hybridized carbons (Fsp3) is 0.333. The number of aryl methyl sites for hydroxylation is 2. The lowest BCUT2D eigenvalue weighted by atomic mass is 10.1. The van der Waals surface area contributed by atoms with Crippen molar-refractivity contribution in [2.24, 2.45) is 0 Å². The van der Waals surface area contributed by atoms with Crippen molar-refractivity contribution in [2.45, 2.75) is 50.6 Å². The first-order valence-electron chi connectivity index (χ1n) is 9.41. The molecule has 2 aliphatic rings. The SMILES string of the molecule is CC(C)N1C(=O)c2ccc(C(=O)NCc3ccc4c(c3)CCC4)cc2S1(=O)=O. The first-order chi connectivity index (χ1) is 13.3. The van der Waals surface area contributed by atoms with Crippen LogP contribution >= 0.6 is 0 Å². The van der Waals surface area contributed by atoms with E-state index < -0.39 is 22.0 Å². The Bertz CT molecular complexity index is 1090. The van der Waals surface area contributed by atoms with Gasteiger partial charge in [-0.1, -0.05) is 18.2 Å². The highest BCUT2D eigenvalue weighted by molar-refractivity contribution is 7.90. The maximum absolute atomic E-state index is 12.7. The van der Waals surface area contributed by atoms with Crippen LogP contribution in [0.15, 0.2) is 41.3 Å². The number of amides is 2. The number of sulfonamides is 1. The van der Waals surface area contributed by atoms with Crippen LogP contribution in [0.25, 0.3) is 0 Å². The minimum Gasteiger partial charge on any atom is -0.348 e. The van der Waals surface area contributed by atoms with Crippen LogP contribution in [0, 0.1) is 0 Å². The van der Waals surface area contributed by atoms with E-state index in [1.165, 1.54) is 35.7 Å². The quantitative estimate of drug-likeness (QED) is 0.858. The van der Waals surface area contributed by atoms with E-state index in [9.17, 15) is 18.0 Å². The zero-order chi connectivity index (χ0) is 20.1. The van der Waals surface area contributed by atoms with Crippen LogP contribution in [-0.4, -0.2) is 30.6 Å². The summed E-state index contributed by atoms with van der Waals surface area (Å²) in [6, 6.07) is 9.96. The Labute approximate surface area is 164 Å². The number of fused-ring (bicyclic) bond motifs is 2. The lowest BCUT2D eigenvalue weighted by Crippen LogP contribution is -2.36. The van der Waals surface area contributed by atoms with Crippen molar-refractivity contribution in [2.75, 3.05) is 0 Å². The predicted molar refractivity (Wildman–Crippen MR) is 105 cm³/mol.